The Balaban J connectivity index is 1.99. The van der Waals surface area contributed by atoms with Crippen LogP contribution in [0.3, 0.4) is 0 Å². The lowest BCUT2D eigenvalue weighted by Crippen LogP contribution is -2.45. The number of sulfonamides is 1. The molecule has 1 aromatic heterocycles. The Hall–Kier alpha value is -1.67. The number of amidine groups is 1. The maximum Gasteiger partial charge on any atom is 0.214 e. The fourth-order valence-electron chi connectivity index (χ4n) is 2.44. The molecule has 7 nitrogen and oxygen atoms in total. The van der Waals surface area contributed by atoms with E-state index in [2.05, 4.69) is 10.1 Å². The van der Waals surface area contributed by atoms with Crippen LogP contribution in [0.5, 0.6) is 0 Å². The van der Waals surface area contributed by atoms with Crippen LogP contribution in [-0.4, -0.2) is 47.6 Å². The van der Waals surface area contributed by atoms with E-state index in [1.165, 1.54) is 4.31 Å². The van der Waals surface area contributed by atoms with Gasteiger partial charge in [0.25, 0.3) is 0 Å². The van der Waals surface area contributed by atoms with Gasteiger partial charge in [0, 0.05) is 31.4 Å². The number of hydrogen-bond donors (Lipinski definition) is 2. The summed E-state index contributed by atoms with van der Waals surface area (Å²) in [6, 6.07) is 3.62. The molecule has 0 aromatic carbocycles. The smallest absolute Gasteiger partial charge is 0.214 e. The van der Waals surface area contributed by atoms with Gasteiger partial charge in [0.15, 0.2) is 0 Å². The summed E-state index contributed by atoms with van der Waals surface area (Å²) in [5.74, 6) is -0.0524. The van der Waals surface area contributed by atoms with Crippen LogP contribution < -0.4 is 5.73 Å². The number of oxime groups is 1. The topological polar surface area (TPSA) is 109 Å². The quantitative estimate of drug-likeness (QED) is 0.354. The maximum atomic E-state index is 12.4. The average molecular weight is 312 g/mol. The van der Waals surface area contributed by atoms with E-state index < -0.39 is 10.0 Å². The van der Waals surface area contributed by atoms with Gasteiger partial charge in [-0.25, -0.2) is 12.7 Å². The molecule has 2 rings (SSSR count). The summed E-state index contributed by atoms with van der Waals surface area (Å²) in [5, 5.41) is 11.7. The van der Waals surface area contributed by atoms with E-state index in [0.717, 1.165) is 18.4 Å². The van der Waals surface area contributed by atoms with E-state index >= 15 is 0 Å². The fraction of sp³-hybridized carbons (Fsp3) is 0.538. The van der Waals surface area contributed by atoms with E-state index in [4.69, 9.17) is 10.9 Å². The third-order valence-corrected chi connectivity index (χ3v) is 5.55. The second-order valence-corrected chi connectivity index (χ2v) is 7.23. The average Bonchev–Trinajstić information content (AvgIpc) is 2.53. The van der Waals surface area contributed by atoms with Crippen LogP contribution in [0.15, 0.2) is 29.7 Å². The normalized spacial score (nSPS) is 21.3. The van der Waals surface area contributed by atoms with Crippen molar-refractivity contribution in [3.63, 3.8) is 0 Å². The third kappa shape index (κ3) is 4.15. The zero-order valence-electron chi connectivity index (χ0n) is 11.7. The van der Waals surface area contributed by atoms with Crippen LogP contribution in [0.4, 0.5) is 0 Å². The van der Waals surface area contributed by atoms with Gasteiger partial charge in [-0.3, -0.25) is 4.98 Å². The predicted octanol–water partition coefficient (Wildman–Crippen LogP) is 0.412. The monoisotopic (exact) mass is 312 g/mol. The molecule has 1 aliphatic rings. The molecule has 0 spiro atoms. The minimum Gasteiger partial charge on any atom is -0.409 e. The van der Waals surface area contributed by atoms with Crippen molar-refractivity contribution < 1.29 is 13.6 Å². The standard InChI is InChI=1S/C13H20N4O3S/c14-13(16-18)12-2-1-8-17(10-12)21(19,20)9-5-11-3-6-15-7-4-11/h3-4,6-7,12,18H,1-2,5,8-10H2,(H2,14,16). The molecule has 0 saturated carbocycles. The first kappa shape index (κ1) is 15.7. The van der Waals surface area contributed by atoms with Gasteiger partial charge in [-0.05, 0) is 37.0 Å². The number of rotatable bonds is 5. The zero-order valence-corrected chi connectivity index (χ0v) is 12.5. The molecule has 0 amide bonds. The molecule has 21 heavy (non-hydrogen) atoms. The number of aryl methyl sites for hydroxylation is 1. The van der Waals surface area contributed by atoms with Gasteiger partial charge in [0.2, 0.25) is 10.0 Å². The summed E-state index contributed by atoms with van der Waals surface area (Å²) in [5.41, 5.74) is 6.53. The van der Waals surface area contributed by atoms with Gasteiger partial charge in [0.05, 0.1) is 5.75 Å². The first-order valence-corrected chi connectivity index (χ1v) is 8.48. The van der Waals surface area contributed by atoms with E-state index in [-0.39, 0.29) is 24.1 Å². The number of nitrogens with two attached hydrogens (primary N) is 1. The number of pyridine rings is 1. The molecule has 1 unspecified atom stereocenters. The lowest BCUT2D eigenvalue weighted by molar-refractivity contribution is 0.287. The van der Waals surface area contributed by atoms with E-state index in [1.54, 1.807) is 12.4 Å². The van der Waals surface area contributed by atoms with Gasteiger partial charge >= 0.3 is 0 Å². The summed E-state index contributed by atoms with van der Waals surface area (Å²) in [4.78, 5) is 3.91. The molecule has 1 saturated heterocycles. The lowest BCUT2D eigenvalue weighted by atomic mass is 9.99. The van der Waals surface area contributed by atoms with Gasteiger partial charge in [-0.15, -0.1) is 0 Å². The Kier molecular flexibility index (Phi) is 5.13. The van der Waals surface area contributed by atoms with Crippen molar-refractivity contribution in [3.05, 3.63) is 30.1 Å². The van der Waals surface area contributed by atoms with Crippen LogP contribution >= 0.6 is 0 Å². The highest BCUT2D eigenvalue weighted by molar-refractivity contribution is 7.89. The van der Waals surface area contributed by atoms with E-state index in [9.17, 15) is 8.42 Å². The number of nitrogens with zero attached hydrogens (tertiary/aromatic N) is 3. The fourth-order valence-corrected chi connectivity index (χ4v) is 4.01. The van der Waals surface area contributed by atoms with E-state index in [0.29, 0.717) is 13.0 Å². The predicted molar refractivity (Wildman–Crippen MR) is 79.4 cm³/mol. The largest absolute Gasteiger partial charge is 0.409 e. The Morgan fingerprint density at radius 3 is 2.86 bits per heavy atom. The molecule has 1 atom stereocenters. The molecule has 1 aromatic rings. The molecule has 1 fully saturated rings. The first-order valence-electron chi connectivity index (χ1n) is 6.87. The van der Waals surface area contributed by atoms with E-state index in [1.807, 2.05) is 12.1 Å². The summed E-state index contributed by atoms with van der Waals surface area (Å²) < 4.78 is 26.2. The molecular weight excluding hydrogens is 292 g/mol. The molecular formula is C13H20N4O3S. The molecule has 116 valence electrons. The Labute approximate surface area is 124 Å². The second-order valence-electron chi connectivity index (χ2n) is 5.14. The molecule has 2 heterocycles. The SMILES string of the molecule is NC(=NO)C1CCCN(S(=O)(=O)CCc2ccncc2)C1. The molecule has 8 heteroatoms. The summed E-state index contributed by atoms with van der Waals surface area (Å²) >= 11 is 0. The number of piperidine rings is 1. The van der Waals surface area contributed by atoms with Crippen LogP contribution in [0, 0.1) is 5.92 Å². The highest BCUT2D eigenvalue weighted by Gasteiger charge is 2.30. The lowest BCUT2D eigenvalue weighted by Gasteiger charge is -2.31. The number of hydrogen-bond acceptors (Lipinski definition) is 5. The summed E-state index contributed by atoms with van der Waals surface area (Å²) in [6.07, 6.45) is 5.21. The highest BCUT2D eigenvalue weighted by atomic mass is 32.2. The first-order chi connectivity index (χ1) is 10.0. The summed E-state index contributed by atoms with van der Waals surface area (Å²) in [7, 11) is -3.34. The molecule has 0 radical (unpaired) electrons. The van der Waals surface area contributed by atoms with Crippen LogP contribution in [0.2, 0.25) is 0 Å². The highest BCUT2D eigenvalue weighted by Crippen LogP contribution is 2.20. The van der Waals surface area contributed by atoms with Gasteiger partial charge in [-0.1, -0.05) is 5.16 Å². The molecule has 0 aliphatic carbocycles. The van der Waals surface area contributed by atoms with Gasteiger partial charge in [-0.2, -0.15) is 0 Å². The number of aromatic nitrogens is 1. The van der Waals surface area contributed by atoms with Crippen LogP contribution in [-0.2, 0) is 16.4 Å². The summed E-state index contributed by atoms with van der Waals surface area (Å²) in [6.45, 7) is 0.780. The van der Waals surface area contributed by atoms with Crippen molar-refractivity contribution in [2.45, 2.75) is 19.3 Å². The molecule has 0 bridgehead atoms. The minimum atomic E-state index is -3.34. The Morgan fingerprint density at radius 2 is 2.19 bits per heavy atom. The van der Waals surface area contributed by atoms with Crippen molar-refractivity contribution in [1.82, 2.24) is 9.29 Å². The van der Waals surface area contributed by atoms with Gasteiger partial charge in [0.1, 0.15) is 5.84 Å². The van der Waals surface area contributed by atoms with Crippen molar-refractivity contribution in [1.29, 1.82) is 0 Å². The Bertz CT molecular complexity index is 589. The zero-order chi connectivity index (χ0) is 15.3. The molecule has 1 aliphatic heterocycles. The van der Waals surface area contributed by atoms with Gasteiger partial charge < -0.3 is 10.9 Å². The third-order valence-electron chi connectivity index (χ3n) is 3.71. The minimum absolute atomic E-state index is 0.0555. The second kappa shape index (κ2) is 6.86. The van der Waals surface area contributed by atoms with Crippen molar-refractivity contribution >= 4 is 15.9 Å². The van der Waals surface area contributed by atoms with Crippen LogP contribution in [0.25, 0.3) is 0 Å². The maximum absolute atomic E-state index is 12.4. The van der Waals surface area contributed by atoms with Crippen molar-refractivity contribution in [2.24, 2.45) is 16.8 Å². The Morgan fingerprint density at radius 1 is 1.48 bits per heavy atom. The molecule has 3 N–H and O–H groups in total. The van der Waals surface area contributed by atoms with Crippen molar-refractivity contribution in [2.75, 3.05) is 18.8 Å². The van der Waals surface area contributed by atoms with Crippen molar-refractivity contribution in [3.8, 4) is 0 Å². The van der Waals surface area contributed by atoms with Crippen LogP contribution in [0.1, 0.15) is 18.4 Å².